The Balaban J connectivity index is 1.70. The Morgan fingerprint density at radius 1 is 1.33 bits per heavy atom. The van der Waals surface area contributed by atoms with Crippen molar-refractivity contribution in [3.63, 3.8) is 0 Å². The largest absolute Gasteiger partial charge is 0.444 e. The second-order valence-electron chi connectivity index (χ2n) is 7.43. The van der Waals surface area contributed by atoms with Gasteiger partial charge in [-0.3, -0.25) is 4.79 Å². The van der Waals surface area contributed by atoms with Crippen molar-refractivity contribution < 1.29 is 19.1 Å². The minimum absolute atomic E-state index is 0.0532. The Kier molecular flexibility index (Phi) is 3.39. The third-order valence-corrected chi connectivity index (χ3v) is 4.56. The van der Waals surface area contributed by atoms with Crippen LogP contribution in [0.1, 0.15) is 46.5 Å². The molecule has 0 aliphatic carbocycles. The second-order valence-corrected chi connectivity index (χ2v) is 7.43. The van der Waals surface area contributed by atoms with E-state index in [1.807, 2.05) is 25.7 Å². The zero-order valence-corrected chi connectivity index (χ0v) is 13.0. The van der Waals surface area contributed by atoms with Gasteiger partial charge < -0.3 is 19.7 Å². The number of amides is 2. The van der Waals surface area contributed by atoms with Crippen molar-refractivity contribution in [3.8, 4) is 0 Å². The molecule has 0 saturated carbocycles. The molecule has 0 unspecified atom stereocenters. The molecular formula is C15H24N2O4. The molecule has 3 fully saturated rings. The van der Waals surface area contributed by atoms with Gasteiger partial charge in [0.25, 0.3) is 0 Å². The molecule has 3 heterocycles. The van der Waals surface area contributed by atoms with E-state index >= 15 is 0 Å². The number of nitrogens with one attached hydrogen (secondary N) is 1. The van der Waals surface area contributed by atoms with E-state index in [1.54, 1.807) is 0 Å². The molecule has 3 rings (SSSR count). The van der Waals surface area contributed by atoms with Gasteiger partial charge in [-0.25, -0.2) is 4.79 Å². The number of carbonyl (C=O) groups is 2. The van der Waals surface area contributed by atoms with Crippen LogP contribution < -0.4 is 5.32 Å². The fourth-order valence-corrected chi connectivity index (χ4v) is 3.76. The highest BCUT2D eigenvalue weighted by atomic mass is 16.6. The molecule has 1 spiro atoms. The van der Waals surface area contributed by atoms with Crippen molar-refractivity contribution >= 4 is 12.0 Å². The molecule has 3 aliphatic heterocycles. The molecule has 2 amide bonds. The molecular weight excluding hydrogens is 272 g/mol. The second kappa shape index (κ2) is 4.87. The molecule has 6 heteroatoms. The average Bonchev–Trinajstić information content (AvgIpc) is 2.65. The number of piperidine rings is 1. The first kappa shape index (κ1) is 14.6. The van der Waals surface area contributed by atoms with E-state index in [-0.39, 0.29) is 36.3 Å². The van der Waals surface area contributed by atoms with Gasteiger partial charge in [0.15, 0.2) is 0 Å². The fourth-order valence-electron chi connectivity index (χ4n) is 3.76. The summed E-state index contributed by atoms with van der Waals surface area (Å²) in [4.78, 5) is 25.6. The highest BCUT2D eigenvalue weighted by Gasteiger charge is 2.52. The Labute approximate surface area is 125 Å². The lowest BCUT2D eigenvalue weighted by Crippen LogP contribution is -2.61. The number of nitrogens with zero attached hydrogens (tertiary/aromatic N) is 1. The lowest BCUT2D eigenvalue weighted by Gasteiger charge is -2.47. The average molecular weight is 296 g/mol. The number of carbonyl (C=O) groups excluding carboxylic acids is 2. The predicted octanol–water partition coefficient (Wildman–Crippen LogP) is 1.43. The van der Waals surface area contributed by atoms with Crippen LogP contribution in [0.3, 0.4) is 0 Å². The molecule has 0 radical (unpaired) electrons. The van der Waals surface area contributed by atoms with Crippen LogP contribution in [-0.2, 0) is 14.3 Å². The van der Waals surface area contributed by atoms with Gasteiger partial charge in [0.1, 0.15) is 12.2 Å². The molecule has 0 aromatic heterocycles. The summed E-state index contributed by atoms with van der Waals surface area (Å²) in [5, 5.41) is 2.90. The third kappa shape index (κ3) is 2.86. The molecule has 2 atom stereocenters. The molecule has 0 aromatic carbocycles. The molecule has 0 aromatic rings. The number of fused-ring (bicyclic) bond motifs is 2. The van der Waals surface area contributed by atoms with E-state index in [0.717, 1.165) is 25.7 Å². The van der Waals surface area contributed by atoms with Crippen molar-refractivity contribution in [2.75, 3.05) is 13.2 Å². The summed E-state index contributed by atoms with van der Waals surface area (Å²) >= 11 is 0. The minimum Gasteiger partial charge on any atom is -0.444 e. The summed E-state index contributed by atoms with van der Waals surface area (Å²) in [6.07, 6.45) is 3.32. The first-order valence-corrected chi connectivity index (χ1v) is 7.70. The maximum atomic E-state index is 12.4. The van der Waals surface area contributed by atoms with Crippen molar-refractivity contribution in [2.24, 2.45) is 0 Å². The summed E-state index contributed by atoms with van der Waals surface area (Å²) < 4.78 is 11.4. The van der Waals surface area contributed by atoms with Crippen LogP contribution in [0.5, 0.6) is 0 Å². The van der Waals surface area contributed by atoms with Crippen LogP contribution in [-0.4, -0.2) is 53.3 Å². The highest BCUT2D eigenvalue weighted by molar-refractivity contribution is 5.78. The van der Waals surface area contributed by atoms with Crippen molar-refractivity contribution in [1.82, 2.24) is 10.2 Å². The lowest BCUT2D eigenvalue weighted by atomic mass is 9.85. The van der Waals surface area contributed by atoms with E-state index < -0.39 is 5.60 Å². The van der Waals surface area contributed by atoms with Crippen LogP contribution >= 0.6 is 0 Å². The van der Waals surface area contributed by atoms with E-state index in [1.165, 1.54) is 0 Å². The normalized spacial score (nSPS) is 35.8. The van der Waals surface area contributed by atoms with Crippen LogP contribution in [0.15, 0.2) is 0 Å². The number of rotatable bonds is 0. The van der Waals surface area contributed by atoms with Gasteiger partial charge in [-0.05, 0) is 46.5 Å². The highest BCUT2D eigenvalue weighted by Crippen LogP contribution is 2.43. The number of morpholine rings is 1. The molecule has 118 valence electrons. The Hall–Kier alpha value is -1.30. The van der Waals surface area contributed by atoms with E-state index in [2.05, 4.69) is 5.32 Å². The van der Waals surface area contributed by atoms with Crippen LogP contribution in [0.4, 0.5) is 4.79 Å². The first-order chi connectivity index (χ1) is 9.78. The summed E-state index contributed by atoms with van der Waals surface area (Å²) in [7, 11) is 0. The topological polar surface area (TPSA) is 67.9 Å². The van der Waals surface area contributed by atoms with Crippen LogP contribution in [0.2, 0.25) is 0 Å². The smallest absolute Gasteiger partial charge is 0.410 e. The van der Waals surface area contributed by atoms with Gasteiger partial charge in [-0.15, -0.1) is 0 Å². The monoisotopic (exact) mass is 296 g/mol. The van der Waals surface area contributed by atoms with Crippen molar-refractivity contribution in [3.05, 3.63) is 0 Å². The number of ether oxygens (including phenoxy) is 2. The Bertz CT molecular complexity index is 431. The molecule has 1 N–H and O–H groups in total. The zero-order valence-electron chi connectivity index (χ0n) is 13.0. The minimum atomic E-state index is -0.471. The SMILES string of the molecule is CC(C)(C)OC(=O)N1[C@H]2CC[C@H]1CC1(CNC(=O)CO1)C2. The van der Waals surface area contributed by atoms with E-state index in [4.69, 9.17) is 9.47 Å². The quantitative estimate of drug-likeness (QED) is 0.734. The van der Waals surface area contributed by atoms with Crippen LogP contribution in [0.25, 0.3) is 0 Å². The van der Waals surface area contributed by atoms with E-state index in [9.17, 15) is 9.59 Å². The summed E-state index contributed by atoms with van der Waals surface area (Å²) in [6.45, 7) is 6.35. The van der Waals surface area contributed by atoms with Crippen LogP contribution in [0, 0.1) is 0 Å². The summed E-state index contributed by atoms with van der Waals surface area (Å²) in [5.74, 6) is -0.0532. The van der Waals surface area contributed by atoms with Crippen molar-refractivity contribution in [1.29, 1.82) is 0 Å². The Morgan fingerprint density at radius 2 is 1.95 bits per heavy atom. The molecule has 21 heavy (non-hydrogen) atoms. The summed E-state index contributed by atoms with van der Waals surface area (Å²) in [5.41, 5.74) is -0.765. The Morgan fingerprint density at radius 3 is 2.43 bits per heavy atom. The van der Waals surface area contributed by atoms with Gasteiger partial charge in [-0.2, -0.15) is 0 Å². The van der Waals surface area contributed by atoms with Gasteiger partial charge in [0, 0.05) is 18.6 Å². The molecule has 2 bridgehead atoms. The predicted molar refractivity (Wildman–Crippen MR) is 75.8 cm³/mol. The maximum absolute atomic E-state index is 12.4. The van der Waals surface area contributed by atoms with E-state index in [0.29, 0.717) is 6.54 Å². The first-order valence-electron chi connectivity index (χ1n) is 7.70. The van der Waals surface area contributed by atoms with Gasteiger partial charge in [0.05, 0.1) is 5.60 Å². The standard InChI is InChI=1S/C15H24N2O4/c1-14(2,3)21-13(19)17-10-4-5-11(17)7-15(6-10)9-16-12(18)8-20-15/h10-11H,4-9H2,1-3H3,(H,16,18)/t10-,11-/m0/s1. The zero-order chi connectivity index (χ0) is 15.3. The molecule has 3 saturated heterocycles. The number of hydrogen-bond donors (Lipinski definition) is 1. The van der Waals surface area contributed by atoms with Gasteiger partial charge in [0.2, 0.25) is 5.91 Å². The fraction of sp³-hybridized carbons (Fsp3) is 0.867. The third-order valence-electron chi connectivity index (χ3n) is 4.56. The summed E-state index contributed by atoms with van der Waals surface area (Å²) in [6, 6.07) is 0.321. The molecule has 3 aliphatic rings. The molecule has 6 nitrogen and oxygen atoms in total. The number of hydrogen-bond acceptors (Lipinski definition) is 4. The van der Waals surface area contributed by atoms with Crippen molar-refractivity contribution in [2.45, 2.75) is 69.7 Å². The van der Waals surface area contributed by atoms with Gasteiger partial charge in [-0.1, -0.05) is 0 Å². The lowest BCUT2D eigenvalue weighted by molar-refractivity contribution is -0.154. The van der Waals surface area contributed by atoms with Gasteiger partial charge >= 0.3 is 6.09 Å². The maximum Gasteiger partial charge on any atom is 0.410 e.